The summed E-state index contributed by atoms with van der Waals surface area (Å²) < 4.78 is 21.3. The Labute approximate surface area is 245 Å². The number of aromatic carboxylic acids is 1. The van der Waals surface area contributed by atoms with E-state index in [4.69, 9.17) is 14.2 Å². The van der Waals surface area contributed by atoms with E-state index in [0.717, 1.165) is 5.56 Å². The Balaban J connectivity index is 0.00000207. The van der Waals surface area contributed by atoms with Crippen molar-refractivity contribution in [1.82, 2.24) is 5.32 Å². The molecule has 5 N–H and O–H groups in total. The van der Waals surface area contributed by atoms with Crippen LogP contribution < -0.4 is 15.3 Å². The fourth-order valence-corrected chi connectivity index (χ4v) is 4.90. The highest BCUT2D eigenvalue weighted by atomic mass is 31.2. The van der Waals surface area contributed by atoms with Crippen molar-refractivity contribution in [3.05, 3.63) is 106 Å². The topological polar surface area (TPSA) is 184 Å². The number of phosphoric ester groups is 1. The Bertz CT molecular complexity index is 1870. The van der Waals surface area contributed by atoms with Gasteiger partial charge >= 0.3 is 13.8 Å². The predicted molar refractivity (Wildman–Crippen MR) is 160 cm³/mol. The standard InChI is InChI=1S/C29H22NO10P.C2H6/c31-18-4-9-22-25(14-18)39-26-15-19(32)5-10-23(26)27(22)21-8-3-17(13-24(21)29(34)35)28(33)30-12-11-16-1-6-20(7-2-16)40-41(36,37)38;1-2/h1-10,13-15,31H,11-12H2,(H,30,33)(H,34,35)(H2,36,37,38);1-2H3. The molecule has 1 amide bonds. The van der Waals surface area contributed by atoms with Crippen LogP contribution in [0.15, 0.2) is 88.1 Å². The molecule has 0 aromatic heterocycles. The molecule has 0 atom stereocenters. The second-order valence-corrected chi connectivity index (χ2v) is 10.3. The predicted octanol–water partition coefficient (Wildman–Crippen LogP) is 5.44. The Kier molecular flexibility index (Phi) is 9.30. The molecule has 0 saturated heterocycles. The Morgan fingerprint density at radius 3 is 2.28 bits per heavy atom. The number of amides is 1. The third-order valence-electron chi connectivity index (χ3n) is 6.31. The number of aromatic hydroxyl groups is 1. The summed E-state index contributed by atoms with van der Waals surface area (Å²) in [6.07, 6.45) is 0.395. The first-order chi connectivity index (χ1) is 20.5. The van der Waals surface area contributed by atoms with Gasteiger partial charge in [-0.3, -0.25) is 19.4 Å². The molecular weight excluding hydrogens is 577 g/mol. The molecule has 1 heterocycles. The van der Waals surface area contributed by atoms with Crippen LogP contribution in [0.2, 0.25) is 0 Å². The average molecular weight is 606 g/mol. The molecule has 0 spiro atoms. The number of phenolic OH excluding ortho intramolecular Hbond substituents is 1. The van der Waals surface area contributed by atoms with Gasteiger partial charge < -0.3 is 24.5 Å². The molecule has 0 fully saturated rings. The van der Waals surface area contributed by atoms with Gasteiger partial charge in [-0.05, 0) is 66.1 Å². The van der Waals surface area contributed by atoms with E-state index in [1.54, 1.807) is 24.3 Å². The number of carbonyl (C=O) groups excluding carboxylic acids is 1. The van der Waals surface area contributed by atoms with Crippen molar-refractivity contribution >= 4 is 30.7 Å². The molecule has 1 aliphatic heterocycles. The highest BCUT2D eigenvalue weighted by Crippen LogP contribution is 2.42. The van der Waals surface area contributed by atoms with Crippen molar-refractivity contribution < 1.29 is 43.1 Å². The number of benzene rings is 4. The number of phenols is 1. The Morgan fingerprint density at radius 1 is 0.907 bits per heavy atom. The highest BCUT2D eigenvalue weighted by molar-refractivity contribution is 7.46. The summed E-state index contributed by atoms with van der Waals surface area (Å²) in [6, 6.07) is 18.9. The maximum Gasteiger partial charge on any atom is 0.524 e. The lowest BCUT2D eigenvalue weighted by Crippen LogP contribution is -2.26. The van der Waals surface area contributed by atoms with Gasteiger partial charge in [0.2, 0.25) is 0 Å². The summed E-state index contributed by atoms with van der Waals surface area (Å²) in [6.45, 7) is 4.21. The van der Waals surface area contributed by atoms with E-state index < -0.39 is 19.7 Å². The number of fused-ring (bicyclic) bond motifs is 2. The lowest BCUT2D eigenvalue weighted by atomic mass is 9.90. The van der Waals surface area contributed by atoms with Gasteiger partial charge in [0.1, 0.15) is 22.8 Å². The number of hydrogen-bond donors (Lipinski definition) is 5. The first-order valence-corrected chi connectivity index (χ1v) is 14.7. The third kappa shape index (κ3) is 7.28. The number of carboxylic acid groups (broad SMARTS) is 1. The van der Waals surface area contributed by atoms with E-state index >= 15 is 0 Å². The van der Waals surface area contributed by atoms with E-state index in [0.29, 0.717) is 28.5 Å². The third-order valence-corrected chi connectivity index (χ3v) is 6.75. The number of rotatable bonds is 8. The zero-order valence-corrected chi connectivity index (χ0v) is 24.0. The van der Waals surface area contributed by atoms with Crippen molar-refractivity contribution in [2.75, 3.05) is 6.54 Å². The van der Waals surface area contributed by atoms with E-state index in [2.05, 4.69) is 9.84 Å². The van der Waals surface area contributed by atoms with Gasteiger partial charge in [-0.15, -0.1) is 0 Å². The van der Waals surface area contributed by atoms with Crippen molar-refractivity contribution in [1.29, 1.82) is 0 Å². The van der Waals surface area contributed by atoms with E-state index in [9.17, 15) is 29.2 Å². The lowest BCUT2D eigenvalue weighted by Gasteiger charge is -2.17. The molecule has 0 radical (unpaired) electrons. The first-order valence-electron chi connectivity index (χ1n) is 13.2. The molecule has 11 nitrogen and oxygen atoms in total. The van der Waals surface area contributed by atoms with Crippen LogP contribution in [-0.4, -0.2) is 38.4 Å². The van der Waals surface area contributed by atoms with Gasteiger partial charge in [0.05, 0.1) is 5.56 Å². The zero-order valence-electron chi connectivity index (χ0n) is 23.1. The van der Waals surface area contributed by atoms with E-state index in [1.165, 1.54) is 54.6 Å². The molecule has 5 rings (SSSR count). The van der Waals surface area contributed by atoms with Crippen LogP contribution in [0, 0.1) is 0 Å². The van der Waals surface area contributed by atoms with Crippen LogP contribution in [-0.2, 0) is 11.0 Å². The minimum absolute atomic E-state index is 0.00493. The van der Waals surface area contributed by atoms with Crippen molar-refractivity contribution in [3.63, 3.8) is 0 Å². The van der Waals surface area contributed by atoms with Gasteiger partial charge in [-0.2, -0.15) is 0 Å². The molecule has 3 aromatic rings. The van der Waals surface area contributed by atoms with Crippen LogP contribution in [0.1, 0.15) is 40.1 Å². The fourth-order valence-electron chi connectivity index (χ4n) is 4.51. The average Bonchev–Trinajstić information content (AvgIpc) is 2.96. The first kappa shape index (κ1) is 31.0. The maximum atomic E-state index is 12.9. The molecular formula is C31H28NO10P. The van der Waals surface area contributed by atoms with E-state index in [-0.39, 0.29) is 45.9 Å². The number of phosphoric acid groups is 1. The molecule has 43 heavy (non-hydrogen) atoms. The van der Waals surface area contributed by atoms with Crippen LogP contribution in [0.5, 0.6) is 11.5 Å². The number of carbonyl (C=O) groups is 2. The van der Waals surface area contributed by atoms with Gasteiger partial charge in [0.25, 0.3) is 5.91 Å². The van der Waals surface area contributed by atoms with Crippen molar-refractivity contribution in [3.8, 4) is 33.9 Å². The zero-order chi connectivity index (χ0) is 31.3. The molecule has 3 aromatic carbocycles. The summed E-state index contributed by atoms with van der Waals surface area (Å²) in [4.78, 5) is 55.0. The molecule has 12 heteroatoms. The quantitative estimate of drug-likeness (QED) is 0.113. The van der Waals surface area contributed by atoms with Crippen molar-refractivity contribution in [2.24, 2.45) is 0 Å². The second kappa shape index (κ2) is 12.9. The lowest BCUT2D eigenvalue weighted by molar-refractivity contribution is 0.0697. The molecule has 0 unspecified atom stereocenters. The number of carboxylic acids is 1. The van der Waals surface area contributed by atoms with E-state index in [1.807, 2.05) is 13.8 Å². The monoisotopic (exact) mass is 605 g/mol. The van der Waals surface area contributed by atoms with Crippen LogP contribution >= 0.6 is 7.82 Å². The molecule has 1 aliphatic carbocycles. The van der Waals surface area contributed by atoms with Gasteiger partial charge in [0.15, 0.2) is 5.43 Å². The van der Waals surface area contributed by atoms with Crippen molar-refractivity contribution in [2.45, 2.75) is 20.3 Å². The summed E-state index contributed by atoms with van der Waals surface area (Å²) in [7, 11) is -4.66. The van der Waals surface area contributed by atoms with Gasteiger partial charge in [-0.1, -0.05) is 32.0 Å². The number of hydrogen-bond acceptors (Lipinski definition) is 7. The van der Waals surface area contributed by atoms with Crippen LogP contribution in [0.25, 0.3) is 33.4 Å². The molecule has 2 aliphatic rings. The fraction of sp³-hybridized carbons (Fsp3) is 0.129. The van der Waals surface area contributed by atoms with Crippen LogP contribution in [0.3, 0.4) is 0 Å². The molecule has 0 bridgehead atoms. The largest absolute Gasteiger partial charge is 0.524 e. The van der Waals surface area contributed by atoms with Crippen LogP contribution in [0.4, 0.5) is 0 Å². The van der Waals surface area contributed by atoms with Gasteiger partial charge in [0, 0.05) is 40.8 Å². The second-order valence-electron chi connectivity index (χ2n) is 9.11. The summed E-state index contributed by atoms with van der Waals surface area (Å²) in [5.41, 5.74) is 1.93. The Morgan fingerprint density at radius 2 is 1.60 bits per heavy atom. The summed E-state index contributed by atoms with van der Waals surface area (Å²) in [5.74, 6) is -1.62. The number of nitrogens with one attached hydrogen (secondary N) is 1. The maximum absolute atomic E-state index is 12.9. The SMILES string of the molecule is CC.O=C(NCCc1ccc(OP(=O)(O)O)cc1)c1ccc(-c2c3ccc(=O)cc-3oc3cc(O)ccc23)c(C(=O)O)c1. The summed E-state index contributed by atoms with van der Waals surface area (Å²) in [5, 5.41) is 23.3. The molecule has 0 saturated carbocycles. The Hall–Kier alpha value is -4.96. The summed E-state index contributed by atoms with van der Waals surface area (Å²) >= 11 is 0. The van der Waals surface area contributed by atoms with Gasteiger partial charge in [-0.25, -0.2) is 9.36 Å². The minimum atomic E-state index is -4.66. The minimum Gasteiger partial charge on any atom is -0.508 e. The highest BCUT2D eigenvalue weighted by Gasteiger charge is 2.23. The smallest absolute Gasteiger partial charge is 0.508 e. The molecule has 222 valence electrons. The normalized spacial score (nSPS) is 11.1.